The van der Waals surface area contributed by atoms with E-state index in [1.165, 1.54) is 0 Å². The number of rotatable bonds is 9. The van der Waals surface area contributed by atoms with Crippen molar-refractivity contribution < 1.29 is 28.7 Å². The van der Waals surface area contributed by atoms with Crippen LogP contribution in [0.3, 0.4) is 0 Å². The summed E-state index contributed by atoms with van der Waals surface area (Å²) in [6.07, 6.45) is 5.19. The van der Waals surface area contributed by atoms with Crippen molar-refractivity contribution in [2.45, 2.75) is 89.0 Å². The van der Waals surface area contributed by atoms with Crippen molar-refractivity contribution in [3.8, 4) is 0 Å². The number of benzene rings is 1. The molecular formula is C28H38N4O6. The highest BCUT2D eigenvalue weighted by atomic mass is 16.5. The smallest absolute Gasteiger partial charge is 0.309 e. The van der Waals surface area contributed by atoms with Crippen molar-refractivity contribution in [2.24, 2.45) is 5.92 Å². The van der Waals surface area contributed by atoms with Crippen LogP contribution in [-0.4, -0.2) is 72.2 Å². The Hall–Kier alpha value is -3.27. The average molecular weight is 527 g/mol. The minimum atomic E-state index is -0.644. The molecule has 0 saturated carbocycles. The van der Waals surface area contributed by atoms with E-state index in [4.69, 9.17) is 4.74 Å². The summed E-state index contributed by atoms with van der Waals surface area (Å²) in [5.74, 6) is -1.52. The third-order valence-electron chi connectivity index (χ3n) is 7.97. The molecule has 10 nitrogen and oxygen atoms in total. The maximum atomic E-state index is 13.5. The number of esters is 1. The molecule has 1 aromatic carbocycles. The molecule has 3 aliphatic heterocycles. The van der Waals surface area contributed by atoms with E-state index in [2.05, 4.69) is 16.0 Å². The Labute approximate surface area is 223 Å². The fourth-order valence-electron chi connectivity index (χ4n) is 5.58. The van der Waals surface area contributed by atoms with Crippen LogP contribution in [0.2, 0.25) is 0 Å². The summed E-state index contributed by atoms with van der Waals surface area (Å²) in [7, 11) is 1.69. The first-order valence-electron chi connectivity index (χ1n) is 13.6. The number of hydrogen-bond donors (Lipinski definition) is 3. The Morgan fingerprint density at radius 1 is 1.08 bits per heavy atom. The number of carbonyl (C=O) groups is 5. The zero-order valence-electron chi connectivity index (χ0n) is 22.2. The molecule has 0 aromatic heterocycles. The average Bonchev–Trinajstić information content (AvgIpc) is 3.52. The first-order chi connectivity index (χ1) is 18.3. The summed E-state index contributed by atoms with van der Waals surface area (Å²) >= 11 is 0. The lowest BCUT2D eigenvalue weighted by atomic mass is 9.96. The van der Waals surface area contributed by atoms with Gasteiger partial charge in [-0.3, -0.25) is 24.0 Å². The number of fused-ring (bicyclic) bond motifs is 1. The number of nitrogens with zero attached hydrogens (tertiary/aromatic N) is 1. The Kier molecular flexibility index (Phi) is 9.14. The topological polar surface area (TPSA) is 134 Å². The van der Waals surface area contributed by atoms with Gasteiger partial charge in [-0.2, -0.15) is 0 Å². The molecule has 3 N–H and O–H groups in total. The number of hydrogen-bond acceptors (Lipinski definition) is 7. The van der Waals surface area contributed by atoms with Crippen LogP contribution in [0.5, 0.6) is 0 Å². The van der Waals surface area contributed by atoms with Crippen molar-refractivity contribution in [1.29, 1.82) is 0 Å². The van der Waals surface area contributed by atoms with Crippen LogP contribution in [0.4, 0.5) is 0 Å². The van der Waals surface area contributed by atoms with E-state index in [0.717, 1.165) is 31.2 Å². The molecule has 38 heavy (non-hydrogen) atoms. The van der Waals surface area contributed by atoms with Gasteiger partial charge in [0.25, 0.3) is 0 Å². The summed E-state index contributed by atoms with van der Waals surface area (Å²) in [5.41, 5.74) is 1.25. The Morgan fingerprint density at radius 3 is 2.61 bits per heavy atom. The van der Waals surface area contributed by atoms with Gasteiger partial charge in [-0.25, -0.2) is 0 Å². The molecule has 3 aliphatic rings. The van der Waals surface area contributed by atoms with Crippen molar-refractivity contribution >= 4 is 29.5 Å². The molecule has 3 amide bonds. The molecule has 0 aliphatic carbocycles. The molecule has 3 saturated heterocycles. The van der Waals surface area contributed by atoms with Gasteiger partial charge in [0.15, 0.2) is 5.78 Å². The SMILES string of the molecule is CN[C@@H](C)C(=O)N[C@H]1CCCC[C@H]2CC[C@@H](C(=O)NCc3cccc(C(=O)C[C@@H]4CCOC4=O)c3)N2C1=O. The van der Waals surface area contributed by atoms with E-state index in [-0.39, 0.29) is 48.5 Å². The van der Waals surface area contributed by atoms with Gasteiger partial charge >= 0.3 is 5.97 Å². The second kappa shape index (κ2) is 12.5. The molecule has 5 atom stereocenters. The number of ketones is 1. The van der Waals surface area contributed by atoms with E-state index < -0.39 is 24.0 Å². The Morgan fingerprint density at radius 2 is 1.87 bits per heavy atom. The second-order valence-corrected chi connectivity index (χ2v) is 10.5. The third kappa shape index (κ3) is 6.40. The lowest BCUT2D eigenvalue weighted by Gasteiger charge is -2.35. The molecular weight excluding hydrogens is 488 g/mol. The fourth-order valence-corrected chi connectivity index (χ4v) is 5.58. The van der Waals surface area contributed by atoms with Crippen LogP contribution in [0, 0.1) is 5.92 Å². The van der Waals surface area contributed by atoms with Crippen LogP contribution < -0.4 is 16.0 Å². The molecule has 10 heteroatoms. The number of cyclic esters (lactones) is 1. The van der Waals surface area contributed by atoms with Gasteiger partial charge in [0.05, 0.1) is 18.6 Å². The van der Waals surface area contributed by atoms with Crippen molar-refractivity contribution in [3.05, 3.63) is 35.4 Å². The van der Waals surface area contributed by atoms with Gasteiger partial charge in [-0.15, -0.1) is 0 Å². The highest BCUT2D eigenvalue weighted by Gasteiger charge is 2.44. The highest BCUT2D eigenvalue weighted by molar-refractivity contribution is 5.98. The Bertz CT molecular complexity index is 1080. The Balaban J connectivity index is 1.38. The van der Waals surface area contributed by atoms with Gasteiger partial charge in [0, 0.05) is 24.6 Å². The number of Topliss-reactive ketones (excluding diaryl/α,β-unsaturated/α-hetero) is 1. The van der Waals surface area contributed by atoms with Crippen molar-refractivity contribution in [2.75, 3.05) is 13.7 Å². The predicted octanol–water partition coefficient (Wildman–Crippen LogP) is 1.47. The maximum absolute atomic E-state index is 13.5. The summed E-state index contributed by atoms with van der Waals surface area (Å²) in [5, 5.41) is 8.71. The number of likely N-dealkylation sites (N-methyl/N-ethyl adjacent to an activating group) is 1. The fraction of sp³-hybridized carbons (Fsp3) is 0.607. The van der Waals surface area contributed by atoms with E-state index >= 15 is 0 Å². The molecule has 4 rings (SSSR count). The highest BCUT2D eigenvalue weighted by Crippen LogP contribution is 2.31. The number of ether oxygens (including phenoxy) is 1. The standard InChI is InChI=1S/C28H38N4O6/c1-17(29-2)25(34)31-22-9-4-3-8-21-10-11-23(32(21)27(22)36)26(35)30-16-18-6-5-7-19(14-18)24(33)15-20-12-13-38-28(20)37/h5-7,14,17,20-23,29H,3-4,8-13,15-16H2,1-2H3,(H,30,35)(H,31,34)/t17-,20-,21-,22-,23-/m0/s1. The van der Waals surface area contributed by atoms with Gasteiger partial charge < -0.3 is 25.6 Å². The molecule has 3 fully saturated rings. The lowest BCUT2D eigenvalue weighted by Crippen LogP contribution is -2.57. The number of nitrogens with one attached hydrogen (secondary N) is 3. The first kappa shape index (κ1) is 27.8. The van der Waals surface area contributed by atoms with Crippen LogP contribution >= 0.6 is 0 Å². The number of amides is 3. The van der Waals surface area contributed by atoms with Crippen LogP contribution in [0.1, 0.15) is 74.2 Å². The molecule has 3 heterocycles. The monoisotopic (exact) mass is 526 g/mol. The molecule has 206 valence electrons. The number of carbonyl (C=O) groups excluding carboxylic acids is 5. The maximum Gasteiger partial charge on any atom is 0.309 e. The lowest BCUT2D eigenvalue weighted by molar-refractivity contribution is -0.144. The third-order valence-corrected chi connectivity index (χ3v) is 7.97. The summed E-state index contributed by atoms with van der Waals surface area (Å²) in [6.45, 7) is 2.31. The minimum absolute atomic E-state index is 0.0112. The summed E-state index contributed by atoms with van der Waals surface area (Å²) in [6, 6.07) is 5.36. The minimum Gasteiger partial charge on any atom is -0.465 e. The van der Waals surface area contributed by atoms with Crippen molar-refractivity contribution in [1.82, 2.24) is 20.9 Å². The van der Waals surface area contributed by atoms with Gasteiger partial charge in [-0.05, 0) is 57.7 Å². The first-order valence-corrected chi connectivity index (χ1v) is 13.6. The van der Waals surface area contributed by atoms with Crippen LogP contribution in [0.15, 0.2) is 24.3 Å². The van der Waals surface area contributed by atoms with E-state index in [1.54, 1.807) is 37.1 Å². The molecule has 1 aromatic rings. The van der Waals surface area contributed by atoms with Crippen LogP contribution in [-0.2, 0) is 30.5 Å². The summed E-state index contributed by atoms with van der Waals surface area (Å²) in [4.78, 5) is 65.4. The van der Waals surface area contributed by atoms with E-state index in [1.807, 2.05) is 6.07 Å². The zero-order valence-corrected chi connectivity index (χ0v) is 22.2. The zero-order chi connectivity index (χ0) is 27.2. The molecule has 0 bridgehead atoms. The van der Waals surface area contributed by atoms with E-state index in [9.17, 15) is 24.0 Å². The van der Waals surface area contributed by atoms with E-state index in [0.29, 0.717) is 31.4 Å². The van der Waals surface area contributed by atoms with Gasteiger partial charge in [0.2, 0.25) is 17.7 Å². The van der Waals surface area contributed by atoms with Crippen LogP contribution in [0.25, 0.3) is 0 Å². The predicted molar refractivity (Wildman–Crippen MR) is 139 cm³/mol. The van der Waals surface area contributed by atoms with Gasteiger partial charge in [-0.1, -0.05) is 31.0 Å². The molecule has 0 unspecified atom stereocenters. The summed E-state index contributed by atoms with van der Waals surface area (Å²) < 4.78 is 4.95. The molecule has 0 radical (unpaired) electrons. The molecule has 0 spiro atoms. The second-order valence-electron chi connectivity index (χ2n) is 10.5. The van der Waals surface area contributed by atoms with Crippen molar-refractivity contribution in [3.63, 3.8) is 0 Å². The van der Waals surface area contributed by atoms with Gasteiger partial charge in [0.1, 0.15) is 12.1 Å². The quantitative estimate of drug-likeness (QED) is 0.328. The largest absolute Gasteiger partial charge is 0.465 e. The normalized spacial score (nSPS) is 26.1.